The van der Waals surface area contributed by atoms with Gasteiger partial charge in [-0.1, -0.05) is 101 Å². The first kappa shape index (κ1) is 31.5. The average Bonchev–Trinajstić information content (AvgIpc) is 3.50. The third kappa shape index (κ3) is 4.27. The second-order valence-electron chi connectivity index (χ2n) is 15.5. The van der Waals surface area contributed by atoms with Crippen LogP contribution in [0, 0.1) is 6.92 Å². The van der Waals surface area contributed by atoms with E-state index in [1.165, 1.54) is 71.7 Å². The molecule has 1 aliphatic heterocycles. The fourth-order valence-electron chi connectivity index (χ4n) is 9.67. The molecule has 0 bridgehead atoms. The van der Waals surface area contributed by atoms with Gasteiger partial charge < -0.3 is 0 Å². The number of allylic oxidation sites excluding steroid dienone is 1. The predicted molar refractivity (Wildman–Crippen MR) is 205 cm³/mol. The van der Waals surface area contributed by atoms with Gasteiger partial charge in [-0.05, 0) is 65.6 Å². The van der Waals surface area contributed by atoms with Gasteiger partial charge in [0.15, 0.2) is 5.54 Å². The molecule has 0 saturated heterocycles. The van der Waals surface area contributed by atoms with Crippen LogP contribution in [0.5, 0.6) is 0 Å². The summed E-state index contributed by atoms with van der Waals surface area (Å²) in [6, 6.07) is 34.7. The standard InChI is InChI=1S/C46H49N3/c1-9-45(10-2)38-30-34(44(5,6)7)23-24-37(38)40-25-22-32-17-12-13-21-39(32)49(40)46(45,11-3)27-26-33-18-15-19-35-36-20-14-16-31(4)42(36)48-29-28-47(8)43(48)41(33)35/h9,12-25,28-30H,1,10-11,26-27H2,2-8H3/q+2. The summed E-state index contributed by atoms with van der Waals surface area (Å²) in [7, 11) is 2.19. The van der Waals surface area contributed by atoms with Crippen molar-refractivity contribution in [2.75, 3.05) is 0 Å². The zero-order chi connectivity index (χ0) is 34.3. The van der Waals surface area contributed by atoms with Crippen LogP contribution in [0.4, 0.5) is 0 Å². The van der Waals surface area contributed by atoms with E-state index in [1.807, 2.05) is 0 Å². The van der Waals surface area contributed by atoms with E-state index in [9.17, 15) is 0 Å². The van der Waals surface area contributed by atoms with Gasteiger partial charge in [0.25, 0.3) is 5.65 Å². The smallest absolute Gasteiger partial charge is 0.232 e. The number of aryl methyl sites for hydroxylation is 3. The Labute approximate surface area is 291 Å². The summed E-state index contributed by atoms with van der Waals surface area (Å²) < 4.78 is 7.45. The monoisotopic (exact) mass is 643 g/mol. The van der Waals surface area contributed by atoms with Gasteiger partial charge in [-0.15, -0.1) is 6.58 Å². The molecule has 2 atom stereocenters. The molecule has 246 valence electrons. The highest BCUT2D eigenvalue weighted by Gasteiger charge is 2.61. The molecule has 4 aromatic carbocycles. The number of benzene rings is 4. The largest absolute Gasteiger partial charge is 0.294 e. The second-order valence-corrected chi connectivity index (χ2v) is 15.5. The Kier molecular flexibility index (Phi) is 7.16. The molecule has 2 unspecified atom stereocenters. The number of imidazole rings is 1. The third-order valence-corrected chi connectivity index (χ3v) is 12.2. The molecule has 0 N–H and O–H groups in total. The first-order chi connectivity index (χ1) is 23.6. The minimum absolute atomic E-state index is 0.0452. The molecule has 0 aliphatic carbocycles. The maximum absolute atomic E-state index is 4.69. The van der Waals surface area contributed by atoms with E-state index in [4.69, 9.17) is 0 Å². The van der Waals surface area contributed by atoms with Crippen molar-refractivity contribution in [3.05, 3.63) is 138 Å². The van der Waals surface area contributed by atoms with E-state index < -0.39 is 0 Å². The molecule has 8 rings (SSSR count). The van der Waals surface area contributed by atoms with E-state index >= 15 is 0 Å². The van der Waals surface area contributed by atoms with Crippen molar-refractivity contribution < 1.29 is 9.13 Å². The first-order valence-corrected chi connectivity index (χ1v) is 18.1. The quantitative estimate of drug-likeness (QED) is 0.0971. The van der Waals surface area contributed by atoms with Gasteiger partial charge >= 0.3 is 0 Å². The lowest BCUT2D eigenvalue weighted by Crippen LogP contribution is -2.70. The number of rotatable bonds is 6. The fraction of sp³-hybridized carbons (Fsp3) is 0.304. The van der Waals surface area contributed by atoms with Crippen LogP contribution in [0.3, 0.4) is 0 Å². The first-order valence-electron chi connectivity index (χ1n) is 18.1. The molecular weight excluding hydrogens is 595 g/mol. The molecule has 4 heterocycles. The van der Waals surface area contributed by atoms with Gasteiger partial charge in [-0.2, -0.15) is 8.97 Å². The van der Waals surface area contributed by atoms with Crippen LogP contribution in [0.1, 0.15) is 76.1 Å². The van der Waals surface area contributed by atoms with Gasteiger partial charge in [0, 0.05) is 41.1 Å². The Morgan fingerprint density at radius 2 is 1.63 bits per heavy atom. The average molecular weight is 644 g/mol. The number of aromatic nitrogens is 3. The number of fused-ring (bicyclic) bond motifs is 11. The lowest BCUT2D eigenvalue weighted by molar-refractivity contribution is -0.746. The molecule has 0 fully saturated rings. The lowest BCUT2D eigenvalue weighted by atomic mass is 9.56. The maximum Gasteiger partial charge on any atom is 0.294 e. The van der Waals surface area contributed by atoms with Crippen LogP contribution < -0.4 is 9.13 Å². The van der Waals surface area contributed by atoms with Crippen molar-refractivity contribution in [1.82, 2.24) is 4.40 Å². The molecule has 0 spiro atoms. The van der Waals surface area contributed by atoms with Crippen LogP contribution in [0.25, 0.3) is 49.5 Å². The third-order valence-electron chi connectivity index (χ3n) is 12.2. The summed E-state index contributed by atoms with van der Waals surface area (Å²) in [4.78, 5) is 0. The Hall–Kier alpha value is -4.76. The molecule has 0 saturated carbocycles. The summed E-state index contributed by atoms with van der Waals surface area (Å²) in [5.74, 6) is 0. The summed E-state index contributed by atoms with van der Waals surface area (Å²) in [6.45, 7) is 18.7. The maximum atomic E-state index is 4.69. The molecular formula is C46H49N3+2. The highest BCUT2D eigenvalue weighted by Crippen LogP contribution is 2.54. The predicted octanol–water partition coefficient (Wildman–Crippen LogP) is 10.4. The van der Waals surface area contributed by atoms with Gasteiger partial charge in [-0.3, -0.25) is 0 Å². The Bertz CT molecular complexity index is 2460. The molecule has 49 heavy (non-hydrogen) atoms. The summed E-state index contributed by atoms with van der Waals surface area (Å²) in [5.41, 5.74) is 11.5. The van der Waals surface area contributed by atoms with Crippen molar-refractivity contribution >= 4 is 38.2 Å². The van der Waals surface area contributed by atoms with E-state index in [0.29, 0.717) is 0 Å². The molecule has 0 amide bonds. The highest BCUT2D eigenvalue weighted by atomic mass is 15.1. The highest BCUT2D eigenvalue weighted by molar-refractivity contribution is 6.13. The van der Waals surface area contributed by atoms with Crippen molar-refractivity contribution in [3.8, 4) is 11.3 Å². The SMILES string of the molecule is C=CC1(CC)c2cc(C(C)(C)C)ccc2-c2ccc3ccccc3[n+]2C1(CC)CCc1cccc2c3cccc(C)c3n3cc[n+](C)c3c12. The van der Waals surface area contributed by atoms with Crippen molar-refractivity contribution in [3.63, 3.8) is 0 Å². The van der Waals surface area contributed by atoms with Crippen LogP contribution in [-0.2, 0) is 29.8 Å². The molecule has 3 aromatic heterocycles. The second kappa shape index (κ2) is 11.1. The van der Waals surface area contributed by atoms with E-state index in [-0.39, 0.29) is 16.4 Å². The van der Waals surface area contributed by atoms with Crippen molar-refractivity contribution in [2.45, 2.75) is 83.6 Å². The van der Waals surface area contributed by atoms with Crippen molar-refractivity contribution in [1.29, 1.82) is 0 Å². The summed E-state index contributed by atoms with van der Waals surface area (Å²) in [5, 5.41) is 5.28. The van der Waals surface area contributed by atoms with Gasteiger partial charge in [-0.25, -0.2) is 4.57 Å². The molecule has 3 nitrogen and oxygen atoms in total. The number of nitrogens with zero attached hydrogens (tertiary/aromatic N) is 3. The number of hydrogen-bond acceptors (Lipinski definition) is 0. The minimum Gasteiger partial charge on any atom is -0.232 e. The zero-order valence-electron chi connectivity index (χ0n) is 30.3. The topological polar surface area (TPSA) is 12.2 Å². The van der Waals surface area contributed by atoms with Crippen LogP contribution in [-0.4, -0.2) is 4.40 Å². The van der Waals surface area contributed by atoms with Gasteiger partial charge in [0.05, 0.1) is 23.4 Å². The Balaban J connectivity index is 1.42. The Morgan fingerprint density at radius 3 is 2.39 bits per heavy atom. The van der Waals surface area contributed by atoms with Crippen LogP contribution in [0.15, 0.2) is 116 Å². The summed E-state index contributed by atoms with van der Waals surface area (Å²) >= 11 is 0. The van der Waals surface area contributed by atoms with E-state index in [1.54, 1.807) is 0 Å². The van der Waals surface area contributed by atoms with E-state index in [2.05, 4.69) is 178 Å². The number of para-hydroxylation sites is 2. The van der Waals surface area contributed by atoms with Gasteiger partial charge in [0.2, 0.25) is 11.2 Å². The molecule has 3 heteroatoms. The fourth-order valence-corrected chi connectivity index (χ4v) is 9.67. The number of hydrogen-bond donors (Lipinski definition) is 0. The molecule has 0 radical (unpaired) electrons. The van der Waals surface area contributed by atoms with Crippen molar-refractivity contribution in [2.24, 2.45) is 7.05 Å². The van der Waals surface area contributed by atoms with Crippen LogP contribution in [0.2, 0.25) is 0 Å². The normalized spacial score (nSPS) is 19.1. The van der Waals surface area contributed by atoms with Gasteiger partial charge in [0.1, 0.15) is 17.9 Å². The number of pyridine rings is 2. The van der Waals surface area contributed by atoms with E-state index in [0.717, 1.165) is 25.7 Å². The zero-order valence-corrected chi connectivity index (χ0v) is 30.3. The molecule has 1 aliphatic rings. The minimum atomic E-state index is -0.274. The lowest BCUT2D eigenvalue weighted by Gasteiger charge is -2.49. The molecule has 7 aromatic rings. The Morgan fingerprint density at radius 1 is 0.857 bits per heavy atom. The summed E-state index contributed by atoms with van der Waals surface area (Å²) in [6.07, 6.45) is 10.6. The van der Waals surface area contributed by atoms with Crippen LogP contribution >= 0.6 is 0 Å².